The van der Waals surface area contributed by atoms with Crippen LogP contribution in [0.1, 0.15) is 0 Å². The average molecular weight is 343 g/mol. The molecular weight excluding hydrogens is 327 g/mol. The van der Waals surface area contributed by atoms with E-state index in [1.54, 1.807) is 25.2 Å². The lowest BCUT2D eigenvalue weighted by atomic mass is 10.2. The smallest absolute Gasteiger partial charge is 0.349 e. The highest BCUT2D eigenvalue weighted by atomic mass is 19.4. The number of fused-ring (bicyclic) bond motifs is 1. The van der Waals surface area contributed by atoms with Crippen molar-refractivity contribution in [3.05, 3.63) is 24.3 Å². The highest BCUT2D eigenvalue weighted by Crippen LogP contribution is 2.26. The van der Waals surface area contributed by atoms with Crippen molar-refractivity contribution < 1.29 is 22.8 Å². The first kappa shape index (κ1) is 16.4. The molecule has 130 valence electrons. The van der Waals surface area contributed by atoms with Crippen LogP contribution in [-0.4, -0.2) is 54.9 Å². The molecule has 1 fully saturated rings. The highest BCUT2D eigenvalue weighted by Gasteiger charge is 2.34. The van der Waals surface area contributed by atoms with E-state index >= 15 is 0 Å². The summed E-state index contributed by atoms with van der Waals surface area (Å²) in [5, 5.41) is 10.2. The summed E-state index contributed by atoms with van der Waals surface area (Å²) in [5.74, 6) is 0.0103. The van der Waals surface area contributed by atoms with Gasteiger partial charge in [0, 0.05) is 25.5 Å². The SMILES string of the molecule is CN(CC(=O)NC1CNC1)c1nn(OC(F)(F)F)c2ccccc12. The van der Waals surface area contributed by atoms with Crippen molar-refractivity contribution in [1.29, 1.82) is 0 Å². The number of hydrogen-bond donors (Lipinski definition) is 2. The van der Waals surface area contributed by atoms with Crippen LogP contribution >= 0.6 is 0 Å². The molecule has 1 aliphatic heterocycles. The number of benzene rings is 1. The number of anilines is 1. The molecule has 2 heterocycles. The zero-order valence-corrected chi connectivity index (χ0v) is 12.8. The predicted molar refractivity (Wildman–Crippen MR) is 80.4 cm³/mol. The van der Waals surface area contributed by atoms with Gasteiger partial charge >= 0.3 is 6.36 Å². The van der Waals surface area contributed by atoms with Crippen LogP contribution < -0.4 is 20.4 Å². The van der Waals surface area contributed by atoms with Crippen molar-refractivity contribution in [3.63, 3.8) is 0 Å². The molecule has 1 aromatic carbocycles. The summed E-state index contributed by atoms with van der Waals surface area (Å²) < 4.78 is 37.5. The number of likely N-dealkylation sites (N-methyl/N-ethyl adjacent to an activating group) is 1. The number of halogens is 3. The van der Waals surface area contributed by atoms with Gasteiger partial charge in [0.05, 0.1) is 12.6 Å². The maximum atomic E-state index is 12.5. The molecule has 7 nitrogen and oxygen atoms in total. The Labute approximate surface area is 135 Å². The van der Waals surface area contributed by atoms with Crippen molar-refractivity contribution in [1.82, 2.24) is 20.6 Å². The number of carbonyl (C=O) groups is 1. The van der Waals surface area contributed by atoms with Gasteiger partial charge in [-0.25, -0.2) is 0 Å². The van der Waals surface area contributed by atoms with Gasteiger partial charge in [-0.2, -0.15) is 0 Å². The van der Waals surface area contributed by atoms with Gasteiger partial charge < -0.3 is 15.5 Å². The zero-order valence-electron chi connectivity index (χ0n) is 12.8. The van der Waals surface area contributed by atoms with E-state index in [4.69, 9.17) is 0 Å². The monoisotopic (exact) mass is 343 g/mol. The Kier molecular flexibility index (Phi) is 4.22. The molecule has 0 bridgehead atoms. The Hall–Kier alpha value is -2.49. The largest absolute Gasteiger partial charge is 0.593 e. The highest BCUT2D eigenvalue weighted by molar-refractivity contribution is 5.92. The first-order chi connectivity index (χ1) is 11.3. The lowest BCUT2D eigenvalue weighted by molar-refractivity contribution is -0.326. The number of nitrogens with one attached hydrogen (secondary N) is 2. The van der Waals surface area contributed by atoms with E-state index in [0.717, 1.165) is 0 Å². The van der Waals surface area contributed by atoms with Crippen LogP contribution in [0.15, 0.2) is 24.3 Å². The molecule has 1 aliphatic rings. The molecule has 10 heteroatoms. The first-order valence-corrected chi connectivity index (χ1v) is 7.29. The summed E-state index contributed by atoms with van der Waals surface area (Å²) in [4.78, 5) is 17.8. The molecule has 1 saturated heterocycles. The fourth-order valence-corrected chi connectivity index (χ4v) is 2.43. The fraction of sp³-hybridized carbons (Fsp3) is 0.429. The van der Waals surface area contributed by atoms with Gasteiger partial charge in [-0.3, -0.25) is 9.63 Å². The van der Waals surface area contributed by atoms with Gasteiger partial charge in [0.25, 0.3) is 0 Å². The maximum Gasteiger partial charge on any atom is 0.593 e. The summed E-state index contributed by atoms with van der Waals surface area (Å²) in [7, 11) is 1.59. The number of nitrogens with zero attached hydrogens (tertiary/aromatic N) is 3. The van der Waals surface area contributed by atoms with Gasteiger partial charge in [0.15, 0.2) is 5.82 Å². The molecule has 0 saturated carbocycles. The van der Waals surface area contributed by atoms with Gasteiger partial charge in [0.2, 0.25) is 5.91 Å². The Morgan fingerprint density at radius 1 is 1.46 bits per heavy atom. The number of para-hydroxylation sites is 1. The maximum absolute atomic E-state index is 12.5. The summed E-state index contributed by atoms with van der Waals surface area (Å²) in [6, 6.07) is 6.44. The number of amides is 1. The van der Waals surface area contributed by atoms with Crippen LogP contribution in [0.3, 0.4) is 0 Å². The minimum atomic E-state index is -4.86. The molecule has 24 heavy (non-hydrogen) atoms. The molecule has 0 aliphatic carbocycles. The van der Waals surface area contributed by atoms with E-state index in [1.165, 1.54) is 11.0 Å². The van der Waals surface area contributed by atoms with E-state index in [0.29, 0.717) is 23.3 Å². The summed E-state index contributed by atoms with van der Waals surface area (Å²) in [6.45, 7) is 1.41. The molecule has 0 spiro atoms. The molecule has 0 atom stereocenters. The van der Waals surface area contributed by atoms with Crippen LogP contribution in [0.4, 0.5) is 19.0 Å². The van der Waals surface area contributed by atoms with Crippen molar-refractivity contribution in [3.8, 4) is 0 Å². The van der Waals surface area contributed by atoms with Gasteiger partial charge in [-0.05, 0) is 12.1 Å². The minimum absolute atomic E-state index is 0.0243. The zero-order chi connectivity index (χ0) is 17.3. The Bertz CT molecular complexity index is 742. The second-order valence-electron chi connectivity index (χ2n) is 5.53. The second-order valence-corrected chi connectivity index (χ2v) is 5.53. The van der Waals surface area contributed by atoms with E-state index in [2.05, 4.69) is 20.6 Å². The Morgan fingerprint density at radius 2 is 2.17 bits per heavy atom. The average Bonchev–Trinajstić information content (AvgIpc) is 2.80. The topological polar surface area (TPSA) is 71.4 Å². The quantitative estimate of drug-likeness (QED) is 0.828. The standard InChI is InChI=1S/C14H16F3N5O2/c1-21(8-12(23)19-9-6-18-7-9)13-10-4-2-3-5-11(10)22(20-13)24-14(15,16)17/h2-5,9,18H,6-8H2,1H3,(H,19,23). The van der Waals surface area contributed by atoms with Crippen LogP contribution in [0.25, 0.3) is 10.9 Å². The predicted octanol–water partition coefficient (Wildman–Crippen LogP) is 0.509. The van der Waals surface area contributed by atoms with Crippen LogP contribution in [0, 0.1) is 0 Å². The van der Waals surface area contributed by atoms with E-state index in [1.807, 2.05) is 0 Å². The number of rotatable bonds is 5. The molecule has 0 radical (unpaired) electrons. The molecule has 1 aromatic heterocycles. The van der Waals surface area contributed by atoms with Crippen molar-refractivity contribution in [2.24, 2.45) is 0 Å². The lowest BCUT2D eigenvalue weighted by Crippen LogP contribution is -2.58. The molecule has 3 rings (SSSR count). The Balaban J connectivity index is 1.81. The van der Waals surface area contributed by atoms with E-state index in [-0.39, 0.29) is 29.8 Å². The number of hydrogen-bond acceptors (Lipinski definition) is 5. The minimum Gasteiger partial charge on any atom is -0.349 e. The molecule has 2 N–H and O–H groups in total. The molecule has 2 aromatic rings. The van der Waals surface area contributed by atoms with Crippen LogP contribution in [-0.2, 0) is 4.79 Å². The number of aromatic nitrogens is 2. The normalized spacial score (nSPS) is 15.2. The van der Waals surface area contributed by atoms with Crippen molar-refractivity contribution in [2.45, 2.75) is 12.4 Å². The van der Waals surface area contributed by atoms with Crippen molar-refractivity contribution in [2.75, 3.05) is 31.6 Å². The Morgan fingerprint density at radius 3 is 2.79 bits per heavy atom. The number of alkyl halides is 3. The van der Waals surface area contributed by atoms with Crippen molar-refractivity contribution >= 4 is 22.6 Å². The molecule has 1 amide bonds. The second kappa shape index (κ2) is 6.19. The van der Waals surface area contributed by atoms with Crippen LogP contribution in [0.2, 0.25) is 0 Å². The lowest BCUT2D eigenvalue weighted by Gasteiger charge is -2.28. The third-order valence-corrected chi connectivity index (χ3v) is 3.62. The third kappa shape index (κ3) is 3.53. The van der Waals surface area contributed by atoms with Gasteiger partial charge in [-0.15, -0.1) is 18.3 Å². The van der Waals surface area contributed by atoms with Crippen LogP contribution in [0.5, 0.6) is 0 Å². The summed E-state index contributed by atoms with van der Waals surface area (Å²) >= 11 is 0. The molecule has 0 unspecified atom stereocenters. The third-order valence-electron chi connectivity index (χ3n) is 3.62. The van der Waals surface area contributed by atoms with E-state index in [9.17, 15) is 18.0 Å². The summed E-state index contributed by atoms with van der Waals surface area (Å²) in [6.07, 6.45) is -4.86. The van der Waals surface area contributed by atoms with Gasteiger partial charge in [-0.1, -0.05) is 17.0 Å². The number of carbonyl (C=O) groups excluding carboxylic acids is 1. The van der Waals surface area contributed by atoms with E-state index < -0.39 is 6.36 Å². The first-order valence-electron chi connectivity index (χ1n) is 7.29. The summed E-state index contributed by atoms with van der Waals surface area (Å²) in [5.41, 5.74) is 0.167. The fourth-order valence-electron chi connectivity index (χ4n) is 2.43. The van der Waals surface area contributed by atoms with Gasteiger partial charge in [0.1, 0.15) is 5.52 Å². The molecular formula is C14H16F3N5O2.